The number of nitrogens with one attached hydrogen (secondary N) is 1. The van der Waals surface area contributed by atoms with Crippen LogP contribution in [0.4, 0.5) is 5.13 Å². The number of aromatic nitrogens is 4. The molecule has 0 atom stereocenters. The third-order valence-corrected chi connectivity index (χ3v) is 2.48. The van der Waals surface area contributed by atoms with Gasteiger partial charge in [0, 0.05) is 7.05 Å². The summed E-state index contributed by atoms with van der Waals surface area (Å²) in [6, 6.07) is 0. The summed E-state index contributed by atoms with van der Waals surface area (Å²) >= 11 is 1.29. The van der Waals surface area contributed by atoms with Crippen molar-refractivity contribution in [3.63, 3.8) is 0 Å². The van der Waals surface area contributed by atoms with Crippen molar-refractivity contribution in [2.45, 2.75) is 6.92 Å². The molecule has 2 aromatic heterocycles. The van der Waals surface area contributed by atoms with Crippen molar-refractivity contribution in [3.05, 3.63) is 16.0 Å². The minimum absolute atomic E-state index is 0.220. The predicted octanol–water partition coefficient (Wildman–Crippen LogP) is -0.104. The van der Waals surface area contributed by atoms with Crippen molar-refractivity contribution in [2.24, 2.45) is 0 Å². The van der Waals surface area contributed by atoms with Crippen molar-refractivity contribution in [1.29, 1.82) is 0 Å². The maximum atomic E-state index is 11.4. The van der Waals surface area contributed by atoms with E-state index >= 15 is 0 Å². The van der Waals surface area contributed by atoms with Crippen LogP contribution in [0.25, 0.3) is 4.96 Å². The van der Waals surface area contributed by atoms with Crippen molar-refractivity contribution in [1.82, 2.24) is 19.8 Å². The average Bonchev–Trinajstić information content (AvgIpc) is 2.55. The second kappa shape index (κ2) is 2.77. The highest BCUT2D eigenvalue weighted by Gasteiger charge is 2.07. The summed E-state index contributed by atoms with van der Waals surface area (Å²) in [4.78, 5) is 11.9. The molecule has 2 rings (SSSR count). The van der Waals surface area contributed by atoms with Crippen LogP contribution in [0.2, 0.25) is 0 Å². The molecule has 0 fully saturated rings. The molecule has 6 nitrogen and oxygen atoms in total. The lowest BCUT2D eigenvalue weighted by molar-refractivity contribution is 0.829. The second-order valence-corrected chi connectivity index (χ2v) is 3.40. The molecule has 0 amide bonds. The lowest BCUT2D eigenvalue weighted by Gasteiger charge is -1.88. The molecule has 0 saturated heterocycles. The van der Waals surface area contributed by atoms with Crippen LogP contribution in [-0.2, 0) is 0 Å². The summed E-state index contributed by atoms with van der Waals surface area (Å²) in [5, 5.41) is 15.0. The lowest BCUT2D eigenvalue weighted by Crippen LogP contribution is -2.19. The maximum Gasteiger partial charge on any atom is 0.296 e. The summed E-state index contributed by atoms with van der Waals surface area (Å²) in [7, 11) is 1.74. The summed E-state index contributed by atoms with van der Waals surface area (Å²) in [6.45, 7) is 1.61. The molecule has 2 heterocycles. The Morgan fingerprint density at radius 1 is 1.46 bits per heavy atom. The molecule has 68 valence electrons. The van der Waals surface area contributed by atoms with Crippen LogP contribution in [0.5, 0.6) is 0 Å². The molecule has 13 heavy (non-hydrogen) atoms. The van der Waals surface area contributed by atoms with E-state index in [9.17, 15) is 4.79 Å². The van der Waals surface area contributed by atoms with Crippen molar-refractivity contribution in [2.75, 3.05) is 12.4 Å². The maximum absolute atomic E-state index is 11.4. The van der Waals surface area contributed by atoms with Crippen LogP contribution in [0.3, 0.4) is 0 Å². The van der Waals surface area contributed by atoms with E-state index in [1.165, 1.54) is 15.9 Å². The minimum atomic E-state index is -0.220. The predicted molar refractivity (Wildman–Crippen MR) is 49.2 cm³/mol. The SMILES string of the molecule is CNc1nn2c(=O)c(C)nnc2s1. The molecule has 0 aliphatic carbocycles. The van der Waals surface area contributed by atoms with Crippen molar-refractivity contribution >= 4 is 21.4 Å². The fraction of sp³-hybridized carbons (Fsp3) is 0.333. The zero-order valence-electron chi connectivity index (χ0n) is 7.11. The van der Waals surface area contributed by atoms with E-state index in [0.29, 0.717) is 15.8 Å². The first-order valence-electron chi connectivity index (χ1n) is 3.63. The highest BCUT2D eigenvalue weighted by atomic mass is 32.1. The number of anilines is 1. The van der Waals surface area contributed by atoms with Crippen molar-refractivity contribution < 1.29 is 0 Å². The Balaban J connectivity index is 2.84. The summed E-state index contributed by atoms with van der Waals surface area (Å²) in [5.74, 6) is 0. The number of rotatable bonds is 1. The third kappa shape index (κ3) is 1.17. The number of nitrogens with zero attached hydrogens (tertiary/aromatic N) is 4. The largest absolute Gasteiger partial charge is 0.363 e. The van der Waals surface area contributed by atoms with Gasteiger partial charge in [0.1, 0.15) is 5.69 Å². The van der Waals surface area contributed by atoms with Gasteiger partial charge in [-0.1, -0.05) is 11.3 Å². The van der Waals surface area contributed by atoms with Crippen LogP contribution in [0.1, 0.15) is 5.69 Å². The Kier molecular flexibility index (Phi) is 1.73. The topological polar surface area (TPSA) is 72.2 Å². The smallest absolute Gasteiger partial charge is 0.296 e. The minimum Gasteiger partial charge on any atom is -0.363 e. The molecule has 1 N–H and O–H groups in total. The van der Waals surface area contributed by atoms with E-state index in [-0.39, 0.29) is 5.56 Å². The molecule has 0 saturated carbocycles. The van der Waals surface area contributed by atoms with E-state index in [0.717, 1.165) is 0 Å². The van der Waals surface area contributed by atoms with E-state index < -0.39 is 0 Å². The molecule has 0 aliphatic rings. The molecule has 0 unspecified atom stereocenters. The normalized spacial score (nSPS) is 10.6. The van der Waals surface area contributed by atoms with Gasteiger partial charge < -0.3 is 5.32 Å². The molecule has 2 aromatic rings. The first kappa shape index (κ1) is 8.11. The molecule has 0 bridgehead atoms. The van der Waals surface area contributed by atoms with E-state index in [1.807, 2.05) is 0 Å². The van der Waals surface area contributed by atoms with Crippen LogP contribution < -0.4 is 10.9 Å². The van der Waals surface area contributed by atoms with Gasteiger partial charge in [0.2, 0.25) is 10.1 Å². The molecule has 7 heteroatoms. The van der Waals surface area contributed by atoms with Gasteiger partial charge in [-0.05, 0) is 6.92 Å². The number of hydrogen-bond acceptors (Lipinski definition) is 6. The fourth-order valence-corrected chi connectivity index (χ4v) is 1.58. The summed E-state index contributed by atoms with van der Waals surface area (Å²) in [5.41, 5.74) is 0.133. The van der Waals surface area contributed by atoms with E-state index in [4.69, 9.17) is 0 Å². The molecular weight excluding hydrogens is 190 g/mol. The zero-order valence-corrected chi connectivity index (χ0v) is 7.92. The first-order valence-corrected chi connectivity index (χ1v) is 4.45. The van der Waals surface area contributed by atoms with Crippen molar-refractivity contribution in [3.8, 4) is 0 Å². The van der Waals surface area contributed by atoms with Gasteiger partial charge in [-0.25, -0.2) is 0 Å². The van der Waals surface area contributed by atoms with Gasteiger partial charge in [0.25, 0.3) is 5.56 Å². The quantitative estimate of drug-likeness (QED) is 0.691. The number of hydrogen-bond donors (Lipinski definition) is 1. The third-order valence-electron chi connectivity index (χ3n) is 1.56. The average molecular weight is 197 g/mol. The molecule has 0 radical (unpaired) electrons. The Labute approximate surface area is 77.2 Å². The molecular formula is C6H7N5OS. The van der Waals surface area contributed by atoms with E-state index in [2.05, 4.69) is 20.6 Å². The highest BCUT2D eigenvalue weighted by Crippen LogP contribution is 2.13. The molecule has 0 aromatic carbocycles. The van der Waals surface area contributed by atoms with Gasteiger partial charge in [-0.2, -0.15) is 4.52 Å². The number of fused-ring (bicyclic) bond motifs is 1. The Bertz CT molecular complexity index is 501. The second-order valence-electron chi connectivity index (χ2n) is 2.44. The standard InChI is InChI=1S/C6H7N5OS/c1-3-4(12)11-6(9-8-3)13-5(7-2)10-11/h1-2H3,(H,7,10). The molecule has 0 spiro atoms. The first-order chi connectivity index (χ1) is 6.22. The number of aryl methyl sites for hydroxylation is 1. The van der Waals surface area contributed by atoms with Gasteiger partial charge in [0.05, 0.1) is 0 Å². The van der Waals surface area contributed by atoms with Gasteiger partial charge in [-0.3, -0.25) is 4.79 Å². The van der Waals surface area contributed by atoms with Crippen LogP contribution in [-0.4, -0.2) is 26.9 Å². The highest BCUT2D eigenvalue weighted by molar-refractivity contribution is 7.20. The van der Waals surface area contributed by atoms with Gasteiger partial charge >= 0.3 is 0 Å². The van der Waals surface area contributed by atoms with Crippen LogP contribution in [0.15, 0.2) is 4.79 Å². The van der Waals surface area contributed by atoms with E-state index in [1.54, 1.807) is 14.0 Å². The Morgan fingerprint density at radius 3 is 2.92 bits per heavy atom. The fourth-order valence-electron chi connectivity index (χ4n) is 0.894. The zero-order chi connectivity index (χ0) is 9.42. The Morgan fingerprint density at radius 2 is 2.23 bits per heavy atom. The van der Waals surface area contributed by atoms with Crippen LogP contribution >= 0.6 is 11.3 Å². The van der Waals surface area contributed by atoms with Gasteiger partial charge in [0.15, 0.2) is 0 Å². The summed E-state index contributed by atoms with van der Waals surface area (Å²) in [6.07, 6.45) is 0. The lowest BCUT2D eigenvalue weighted by atomic mass is 10.5. The Hall–Kier alpha value is -1.50. The van der Waals surface area contributed by atoms with Crippen LogP contribution in [0, 0.1) is 6.92 Å². The summed E-state index contributed by atoms with van der Waals surface area (Å²) < 4.78 is 1.25. The van der Waals surface area contributed by atoms with Gasteiger partial charge in [-0.15, -0.1) is 15.3 Å². The molecule has 0 aliphatic heterocycles. The monoisotopic (exact) mass is 197 g/mol.